The van der Waals surface area contributed by atoms with Crippen molar-refractivity contribution in [2.24, 2.45) is 11.8 Å². The van der Waals surface area contributed by atoms with Crippen molar-refractivity contribution >= 4 is 40.8 Å². The molecule has 2 aliphatic heterocycles. The van der Waals surface area contributed by atoms with Gasteiger partial charge in [-0.25, -0.2) is 0 Å². The lowest BCUT2D eigenvalue weighted by Crippen LogP contribution is -2.57. The Kier molecular flexibility index (Phi) is 8.83. The summed E-state index contributed by atoms with van der Waals surface area (Å²) in [5.41, 5.74) is -2.26. The number of aliphatic carboxylic acids is 1. The van der Waals surface area contributed by atoms with Gasteiger partial charge < -0.3 is 5.11 Å². The fraction of sp³-hybridized carbons (Fsp3) is 0.393. The van der Waals surface area contributed by atoms with Crippen LogP contribution in [-0.2, 0) is 20.8 Å². The van der Waals surface area contributed by atoms with Gasteiger partial charge >= 0.3 is 5.97 Å². The molecule has 2 aromatic carbocycles. The Morgan fingerprint density at radius 2 is 1.76 bits per heavy atom. The van der Waals surface area contributed by atoms with Crippen molar-refractivity contribution in [1.29, 1.82) is 0 Å². The van der Waals surface area contributed by atoms with E-state index in [0.29, 0.717) is 12.0 Å². The lowest BCUT2D eigenvalue weighted by atomic mass is 9.76. The summed E-state index contributed by atoms with van der Waals surface area (Å²) >= 11 is 6.17. The van der Waals surface area contributed by atoms with Crippen LogP contribution in [0.1, 0.15) is 49.8 Å². The number of imide groups is 1. The van der Waals surface area contributed by atoms with E-state index >= 15 is 0 Å². The van der Waals surface area contributed by atoms with Gasteiger partial charge in [-0.15, -0.1) is 0 Å². The Morgan fingerprint density at radius 3 is 2.37 bits per heavy atom. The van der Waals surface area contributed by atoms with Crippen molar-refractivity contribution in [3.8, 4) is 0 Å². The second-order valence-electron chi connectivity index (χ2n) is 10.2. The Hall–Kier alpha value is -4.16. The van der Waals surface area contributed by atoms with Crippen LogP contribution in [0, 0.1) is 32.1 Å². The first-order valence-electron chi connectivity index (χ1n) is 13.2. The van der Waals surface area contributed by atoms with Crippen molar-refractivity contribution < 1.29 is 29.3 Å². The number of likely N-dealkylation sites (tertiary alicyclic amines) is 1. The number of non-ortho nitro benzene ring substituents is 1. The van der Waals surface area contributed by atoms with Gasteiger partial charge in [0.25, 0.3) is 11.4 Å². The number of carboxylic acid groups (broad SMARTS) is 1. The summed E-state index contributed by atoms with van der Waals surface area (Å²) in [6.07, 6.45) is 6.76. The molecule has 13 heteroatoms. The number of halogens is 1. The molecule has 2 saturated heterocycles. The van der Waals surface area contributed by atoms with Crippen LogP contribution in [0.15, 0.2) is 54.6 Å². The molecule has 2 fully saturated rings. The zero-order valence-electron chi connectivity index (χ0n) is 22.2. The molecule has 4 unspecified atom stereocenters. The molecule has 4 rings (SSSR count). The molecule has 0 aliphatic carbocycles. The minimum absolute atomic E-state index is 0.00761. The SMILES string of the molecule is CCCC/C=C/CCN1C(=O)C2C(c3cc(Cl)ccc3[N+](=O)[O-])NC(Cc3ccc([N+](=O)[O-])cc3)(C(=O)O)C2C1=O. The molecular weight excluding hydrogens is 556 g/mol. The van der Waals surface area contributed by atoms with E-state index in [9.17, 15) is 39.7 Å². The number of hydrogen-bond acceptors (Lipinski definition) is 8. The van der Waals surface area contributed by atoms with E-state index in [0.717, 1.165) is 24.2 Å². The van der Waals surface area contributed by atoms with Gasteiger partial charge in [0.05, 0.1) is 27.7 Å². The van der Waals surface area contributed by atoms with Crippen LogP contribution in [0.3, 0.4) is 0 Å². The van der Waals surface area contributed by atoms with Crippen molar-refractivity contribution in [1.82, 2.24) is 10.2 Å². The van der Waals surface area contributed by atoms with E-state index in [-0.39, 0.29) is 34.9 Å². The number of carbonyl (C=O) groups excluding carboxylic acids is 2. The number of allylic oxidation sites excluding steroid dienone is 1. The number of fused-ring (bicyclic) bond motifs is 1. The quantitative estimate of drug-likeness (QED) is 0.119. The lowest BCUT2D eigenvalue weighted by molar-refractivity contribution is -0.385. The average Bonchev–Trinajstić information content (AvgIpc) is 3.40. The van der Waals surface area contributed by atoms with Crippen LogP contribution in [-0.4, -0.2) is 49.7 Å². The number of amides is 2. The van der Waals surface area contributed by atoms with E-state index in [4.69, 9.17) is 11.6 Å². The highest BCUT2D eigenvalue weighted by atomic mass is 35.5. The molecule has 4 atom stereocenters. The predicted molar refractivity (Wildman–Crippen MR) is 148 cm³/mol. The summed E-state index contributed by atoms with van der Waals surface area (Å²) < 4.78 is 0. The molecule has 216 valence electrons. The molecule has 0 spiro atoms. The standard InChI is InChI=1S/C28H29ClN4O8/c1-2-3-4-5-6-7-14-31-25(34)22-23(26(31)35)28(27(36)37,16-17-8-11-19(12-9-17)32(38)39)30-24(22)20-15-18(29)10-13-21(20)33(40)41/h5-6,8-13,15,22-24,30H,2-4,7,14,16H2,1H3,(H,36,37)/b6-5+. The monoisotopic (exact) mass is 584 g/mol. The van der Waals surface area contributed by atoms with Gasteiger partial charge in [0.15, 0.2) is 0 Å². The molecular formula is C28H29ClN4O8. The summed E-state index contributed by atoms with van der Waals surface area (Å²) in [5, 5.41) is 36.7. The first-order chi connectivity index (χ1) is 19.5. The van der Waals surface area contributed by atoms with Crippen LogP contribution in [0.5, 0.6) is 0 Å². The molecule has 41 heavy (non-hydrogen) atoms. The van der Waals surface area contributed by atoms with Crippen LogP contribution in [0.4, 0.5) is 11.4 Å². The van der Waals surface area contributed by atoms with Crippen LogP contribution >= 0.6 is 11.6 Å². The van der Waals surface area contributed by atoms with Gasteiger partial charge in [0.2, 0.25) is 11.8 Å². The maximum atomic E-state index is 13.8. The summed E-state index contributed by atoms with van der Waals surface area (Å²) in [4.78, 5) is 63.4. The molecule has 0 saturated carbocycles. The number of hydrogen-bond donors (Lipinski definition) is 2. The average molecular weight is 585 g/mol. The van der Waals surface area contributed by atoms with Crippen molar-refractivity contribution in [3.05, 3.63) is 91.0 Å². The number of benzene rings is 2. The first-order valence-corrected chi connectivity index (χ1v) is 13.6. The third-order valence-corrected chi connectivity index (χ3v) is 7.92. The van der Waals surface area contributed by atoms with E-state index in [1.165, 1.54) is 42.5 Å². The highest BCUT2D eigenvalue weighted by Gasteiger charge is 2.68. The van der Waals surface area contributed by atoms with Gasteiger partial charge in [-0.1, -0.05) is 55.7 Å². The number of nitro groups is 2. The minimum atomic E-state index is -2.04. The molecule has 0 aromatic heterocycles. The lowest BCUT2D eigenvalue weighted by Gasteiger charge is -2.31. The normalized spacial score (nSPS) is 23.8. The predicted octanol–water partition coefficient (Wildman–Crippen LogP) is 4.60. The van der Waals surface area contributed by atoms with Gasteiger partial charge in [-0.05, 0) is 30.5 Å². The molecule has 2 aliphatic rings. The number of carboxylic acids is 1. The minimum Gasteiger partial charge on any atom is -0.480 e. The van der Waals surface area contributed by atoms with E-state index in [2.05, 4.69) is 12.2 Å². The van der Waals surface area contributed by atoms with Gasteiger partial charge in [-0.3, -0.25) is 44.8 Å². The number of unbranched alkanes of at least 4 members (excludes halogenated alkanes) is 2. The third-order valence-electron chi connectivity index (χ3n) is 7.69. The van der Waals surface area contributed by atoms with Gasteiger partial charge in [0, 0.05) is 41.8 Å². The van der Waals surface area contributed by atoms with Crippen LogP contribution < -0.4 is 5.32 Å². The Balaban J connectivity index is 1.78. The third kappa shape index (κ3) is 5.70. The second kappa shape index (κ2) is 12.1. The van der Waals surface area contributed by atoms with Gasteiger partial charge in [0.1, 0.15) is 5.54 Å². The Morgan fingerprint density at radius 1 is 1.07 bits per heavy atom. The number of carbonyl (C=O) groups is 3. The molecule has 2 heterocycles. The molecule has 12 nitrogen and oxygen atoms in total. The molecule has 2 amide bonds. The highest BCUT2D eigenvalue weighted by molar-refractivity contribution is 6.30. The number of nitrogens with zero attached hydrogens (tertiary/aromatic N) is 3. The number of rotatable bonds is 12. The highest BCUT2D eigenvalue weighted by Crippen LogP contribution is 2.51. The van der Waals surface area contributed by atoms with E-state index in [1.54, 1.807) is 0 Å². The smallest absolute Gasteiger partial charge is 0.325 e. The van der Waals surface area contributed by atoms with Crippen LogP contribution in [0.2, 0.25) is 5.02 Å². The molecule has 0 bridgehead atoms. The fourth-order valence-electron chi connectivity index (χ4n) is 5.74. The topological polar surface area (TPSA) is 173 Å². The van der Waals surface area contributed by atoms with Crippen LogP contribution in [0.25, 0.3) is 0 Å². The second-order valence-corrected chi connectivity index (χ2v) is 10.6. The number of nitro benzene ring substituents is 2. The summed E-state index contributed by atoms with van der Waals surface area (Å²) in [7, 11) is 0. The van der Waals surface area contributed by atoms with Gasteiger partial charge in [-0.2, -0.15) is 0 Å². The van der Waals surface area contributed by atoms with Crippen molar-refractivity contribution in [2.75, 3.05) is 6.54 Å². The number of nitrogens with one attached hydrogen (secondary N) is 1. The molecule has 2 aromatic rings. The zero-order chi connectivity index (χ0) is 29.9. The Bertz CT molecular complexity index is 1410. The first kappa shape index (κ1) is 29.8. The summed E-state index contributed by atoms with van der Waals surface area (Å²) in [5.74, 6) is -5.39. The Labute approximate surface area is 240 Å². The maximum Gasteiger partial charge on any atom is 0.325 e. The zero-order valence-corrected chi connectivity index (χ0v) is 23.0. The molecule has 0 radical (unpaired) electrons. The molecule has 2 N–H and O–H groups in total. The maximum absolute atomic E-state index is 13.8. The van der Waals surface area contributed by atoms with E-state index < -0.39 is 51.0 Å². The largest absolute Gasteiger partial charge is 0.480 e. The summed E-state index contributed by atoms with van der Waals surface area (Å²) in [6.45, 7) is 2.10. The van der Waals surface area contributed by atoms with E-state index in [1.807, 2.05) is 12.2 Å². The fourth-order valence-corrected chi connectivity index (χ4v) is 5.93. The van der Waals surface area contributed by atoms with Crippen molar-refractivity contribution in [2.45, 2.75) is 50.6 Å². The summed E-state index contributed by atoms with van der Waals surface area (Å²) in [6, 6.07) is 7.78. The van der Waals surface area contributed by atoms with Crippen molar-refractivity contribution in [3.63, 3.8) is 0 Å².